The highest BCUT2D eigenvalue weighted by atomic mass is 16.3. The molecule has 1 N–H and O–H groups in total. The number of amides is 2. The molecule has 2 amide bonds. The van der Waals surface area contributed by atoms with E-state index in [1.807, 2.05) is 12.1 Å². The second-order valence-electron chi connectivity index (χ2n) is 10.7. The Balaban J connectivity index is 1.46. The van der Waals surface area contributed by atoms with E-state index in [9.17, 15) is 24.3 Å². The zero-order valence-electron chi connectivity index (χ0n) is 19.8. The Morgan fingerprint density at radius 2 is 1.74 bits per heavy atom. The second kappa shape index (κ2) is 8.14. The number of ketones is 2. The van der Waals surface area contributed by atoms with Gasteiger partial charge in [-0.05, 0) is 62.3 Å². The number of imide groups is 1. The van der Waals surface area contributed by atoms with Crippen LogP contribution in [0.15, 0.2) is 58.7 Å². The van der Waals surface area contributed by atoms with Gasteiger partial charge in [0.2, 0.25) is 11.8 Å². The molecule has 0 spiro atoms. The van der Waals surface area contributed by atoms with Crippen molar-refractivity contribution in [3.05, 3.63) is 64.3 Å². The largest absolute Gasteiger partial charge is 0.508 e. The number of hydrogen-bond acceptors (Lipinski definition) is 5. The highest BCUT2D eigenvalue weighted by Gasteiger charge is 2.57. The van der Waals surface area contributed by atoms with Gasteiger partial charge < -0.3 is 5.11 Å². The van der Waals surface area contributed by atoms with Crippen molar-refractivity contribution in [1.29, 1.82) is 0 Å². The number of aromatic hydroxyl groups is 1. The fraction of sp³-hybridized carbons (Fsp3) is 0.448. The summed E-state index contributed by atoms with van der Waals surface area (Å²) in [5.74, 6) is -2.18. The maximum absolute atomic E-state index is 13.8. The molecule has 1 saturated heterocycles. The van der Waals surface area contributed by atoms with Crippen LogP contribution in [0.5, 0.6) is 5.75 Å². The third kappa shape index (κ3) is 3.29. The van der Waals surface area contributed by atoms with Crippen LogP contribution in [0.4, 0.5) is 0 Å². The summed E-state index contributed by atoms with van der Waals surface area (Å²) in [6.07, 6.45) is 9.10. The van der Waals surface area contributed by atoms with Crippen molar-refractivity contribution >= 4 is 23.4 Å². The third-order valence-electron chi connectivity index (χ3n) is 8.74. The molecule has 1 aromatic rings. The molecule has 2 fully saturated rings. The molecular formula is C29H29NO5. The molecule has 6 heteroatoms. The molecule has 0 bridgehead atoms. The molecular weight excluding hydrogens is 442 g/mol. The lowest BCUT2D eigenvalue weighted by atomic mass is 9.59. The van der Waals surface area contributed by atoms with Crippen LogP contribution in [0.1, 0.15) is 63.4 Å². The van der Waals surface area contributed by atoms with E-state index in [2.05, 4.69) is 0 Å². The maximum Gasteiger partial charge on any atom is 0.233 e. The van der Waals surface area contributed by atoms with E-state index in [0.717, 1.165) is 43.2 Å². The third-order valence-corrected chi connectivity index (χ3v) is 8.74. The first-order valence-corrected chi connectivity index (χ1v) is 12.7. The van der Waals surface area contributed by atoms with Gasteiger partial charge in [0.15, 0.2) is 11.6 Å². The van der Waals surface area contributed by atoms with E-state index < -0.39 is 17.8 Å². The van der Waals surface area contributed by atoms with Crippen molar-refractivity contribution in [2.75, 3.05) is 0 Å². The van der Waals surface area contributed by atoms with E-state index in [1.165, 1.54) is 6.08 Å². The number of phenols is 1. The van der Waals surface area contributed by atoms with E-state index in [1.54, 1.807) is 30.0 Å². The maximum atomic E-state index is 13.8. The molecule has 1 heterocycles. The highest BCUT2D eigenvalue weighted by Crippen LogP contribution is 2.55. The summed E-state index contributed by atoms with van der Waals surface area (Å²) >= 11 is 0. The predicted molar refractivity (Wildman–Crippen MR) is 128 cm³/mol. The summed E-state index contributed by atoms with van der Waals surface area (Å²) in [6.45, 7) is 1.65. The number of carbonyl (C=O) groups excluding carboxylic acids is 4. The average molecular weight is 472 g/mol. The summed E-state index contributed by atoms with van der Waals surface area (Å²) in [5, 5.41) is 10.2. The van der Waals surface area contributed by atoms with Crippen molar-refractivity contribution in [3.63, 3.8) is 0 Å². The van der Waals surface area contributed by atoms with Gasteiger partial charge in [0.05, 0.1) is 11.8 Å². The summed E-state index contributed by atoms with van der Waals surface area (Å²) in [5.41, 5.74) is 2.97. The molecule has 180 valence electrons. The number of likely N-dealkylation sites (tertiary alicyclic amines) is 1. The quantitative estimate of drug-likeness (QED) is 0.397. The zero-order chi connectivity index (χ0) is 24.4. The van der Waals surface area contributed by atoms with Crippen molar-refractivity contribution in [2.45, 2.75) is 63.8 Å². The highest BCUT2D eigenvalue weighted by molar-refractivity contribution is 6.23. The SMILES string of the molecule is CC1=CC(=O)C2=C(C1=O)C(c1cccc(O)c1)C1=CCC3C(=O)N(C4CCCCC4)C(=O)C3C1C2. The van der Waals surface area contributed by atoms with Crippen LogP contribution in [-0.2, 0) is 19.2 Å². The first kappa shape index (κ1) is 22.2. The Bertz CT molecular complexity index is 1260. The number of Topliss-reactive ketones (excluding diaryl/α,β-unsaturated/α-hetero) is 1. The van der Waals surface area contributed by atoms with Gasteiger partial charge in [-0.1, -0.05) is 43.0 Å². The molecule has 0 aromatic heterocycles. The first-order chi connectivity index (χ1) is 16.9. The van der Waals surface area contributed by atoms with Crippen LogP contribution in [0.25, 0.3) is 0 Å². The molecule has 1 aromatic carbocycles. The number of carbonyl (C=O) groups is 4. The van der Waals surface area contributed by atoms with Crippen LogP contribution in [0.2, 0.25) is 0 Å². The molecule has 4 atom stereocenters. The smallest absolute Gasteiger partial charge is 0.233 e. The minimum absolute atomic E-state index is 0.0264. The van der Waals surface area contributed by atoms with Gasteiger partial charge in [-0.2, -0.15) is 0 Å². The van der Waals surface area contributed by atoms with Gasteiger partial charge in [0.1, 0.15) is 5.75 Å². The van der Waals surface area contributed by atoms with Crippen molar-refractivity contribution < 1.29 is 24.3 Å². The zero-order valence-corrected chi connectivity index (χ0v) is 19.8. The van der Waals surface area contributed by atoms with Gasteiger partial charge in [-0.15, -0.1) is 0 Å². The van der Waals surface area contributed by atoms with Crippen molar-refractivity contribution in [1.82, 2.24) is 4.90 Å². The molecule has 4 unspecified atom stereocenters. The number of fused-ring (bicyclic) bond motifs is 3. The monoisotopic (exact) mass is 471 g/mol. The summed E-state index contributed by atoms with van der Waals surface area (Å²) in [4.78, 5) is 55.3. The molecule has 35 heavy (non-hydrogen) atoms. The van der Waals surface area contributed by atoms with Crippen LogP contribution in [0.3, 0.4) is 0 Å². The molecule has 6 nitrogen and oxygen atoms in total. The average Bonchev–Trinajstić information content (AvgIpc) is 3.11. The minimum atomic E-state index is -0.511. The normalized spacial score (nSPS) is 31.2. The fourth-order valence-electron chi connectivity index (χ4n) is 7.17. The standard InChI is InChI=1S/C29H29NO5/c1-15-12-23(32)22-14-21-19(24(26(22)27(15)33)16-6-5-9-18(31)13-16)10-11-20-25(21)29(35)30(28(20)34)17-7-3-2-4-8-17/h5-6,9-10,12-13,17,20-21,24-25,31H,2-4,7-8,11,14H2,1H3. The summed E-state index contributed by atoms with van der Waals surface area (Å²) in [7, 11) is 0. The lowest BCUT2D eigenvalue weighted by Crippen LogP contribution is -2.43. The van der Waals surface area contributed by atoms with E-state index in [4.69, 9.17) is 0 Å². The molecule has 0 radical (unpaired) electrons. The molecule has 1 aliphatic heterocycles. The predicted octanol–water partition coefficient (Wildman–Crippen LogP) is 4.15. The van der Waals surface area contributed by atoms with Crippen LogP contribution < -0.4 is 0 Å². The fourth-order valence-corrected chi connectivity index (χ4v) is 7.17. The number of hydrogen-bond donors (Lipinski definition) is 1. The van der Waals surface area contributed by atoms with Crippen LogP contribution in [0, 0.1) is 17.8 Å². The minimum Gasteiger partial charge on any atom is -0.508 e. The van der Waals surface area contributed by atoms with Crippen molar-refractivity contribution in [2.24, 2.45) is 17.8 Å². The van der Waals surface area contributed by atoms with Crippen LogP contribution >= 0.6 is 0 Å². The topological polar surface area (TPSA) is 91.8 Å². The molecule has 4 aliphatic carbocycles. The van der Waals surface area contributed by atoms with Gasteiger partial charge in [0, 0.05) is 28.7 Å². The summed E-state index contributed by atoms with van der Waals surface area (Å²) < 4.78 is 0. The molecule has 1 saturated carbocycles. The Labute approximate surface area is 204 Å². The molecule has 5 aliphatic rings. The number of rotatable bonds is 2. The summed E-state index contributed by atoms with van der Waals surface area (Å²) in [6, 6.07) is 6.76. The van der Waals surface area contributed by atoms with Crippen molar-refractivity contribution in [3.8, 4) is 5.75 Å². The Morgan fingerprint density at radius 1 is 0.971 bits per heavy atom. The Hall–Kier alpha value is -3.28. The lowest BCUT2D eigenvalue weighted by Gasteiger charge is -2.42. The van der Waals surface area contributed by atoms with Gasteiger partial charge in [0.25, 0.3) is 0 Å². The molecule has 6 rings (SSSR count). The van der Waals surface area contributed by atoms with E-state index >= 15 is 0 Å². The lowest BCUT2D eigenvalue weighted by molar-refractivity contribution is -0.143. The van der Waals surface area contributed by atoms with Gasteiger partial charge >= 0.3 is 0 Å². The first-order valence-electron chi connectivity index (χ1n) is 12.7. The van der Waals surface area contributed by atoms with Gasteiger partial charge in [-0.25, -0.2) is 0 Å². The number of phenolic OH excluding ortho intramolecular Hbond substituents is 1. The van der Waals surface area contributed by atoms with Crippen LogP contribution in [-0.4, -0.2) is 39.4 Å². The second-order valence-corrected chi connectivity index (χ2v) is 10.7. The number of allylic oxidation sites excluding steroid dienone is 6. The Morgan fingerprint density at radius 3 is 2.49 bits per heavy atom. The number of benzene rings is 1. The Kier molecular flexibility index (Phi) is 5.17. The van der Waals surface area contributed by atoms with Gasteiger partial charge in [-0.3, -0.25) is 24.1 Å². The van der Waals surface area contributed by atoms with E-state index in [0.29, 0.717) is 29.6 Å². The van der Waals surface area contributed by atoms with E-state index in [-0.39, 0.29) is 41.1 Å². The number of nitrogens with zero attached hydrogens (tertiary/aromatic N) is 1.